The fraction of sp³-hybridized carbons (Fsp3) is 0. The summed E-state index contributed by atoms with van der Waals surface area (Å²) in [4.78, 5) is 2.71. The van der Waals surface area contributed by atoms with Crippen molar-refractivity contribution in [2.45, 2.75) is 0 Å². The number of benzene rings is 1. The zero-order valence-electron chi connectivity index (χ0n) is 7.91. The van der Waals surface area contributed by atoms with E-state index in [1.165, 1.54) is 16.8 Å². The summed E-state index contributed by atoms with van der Waals surface area (Å²) in [5, 5.41) is 7.75. The van der Waals surface area contributed by atoms with Crippen molar-refractivity contribution in [3.8, 4) is 11.3 Å². The van der Waals surface area contributed by atoms with Crippen LogP contribution in [0, 0.1) is 18.0 Å². The van der Waals surface area contributed by atoms with Crippen LogP contribution in [0.3, 0.4) is 0 Å². The first kappa shape index (κ1) is 9.02. The third kappa shape index (κ3) is 1.27. The molecule has 2 aromatic heterocycles. The standard InChI is InChI=1S/C10H5F2N4/c11-6-1-2-7(8(12)3-6)9-4-10-13-5-14-16(10)15-9/h1-4H,(H,13,14). The van der Waals surface area contributed by atoms with Gasteiger partial charge in [-0.2, -0.15) is 0 Å². The molecule has 0 bridgehead atoms. The van der Waals surface area contributed by atoms with Crippen molar-refractivity contribution in [3.05, 3.63) is 42.2 Å². The molecule has 16 heavy (non-hydrogen) atoms. The van der Waals surface area contributed by atoms with Crippen LogP contribution >= 0.6 is 0 Å². The highest BCUT2D eigenvalue weighted by Crippen LogP contribution is 2.22. The molecule has 1 N–H and O–H groups in total. The van der Waals surface area contributed by atoms with E-state index in [0.717, 1.165) is 6.07 Å². The van der Waals surface area contributed by atoms with Crippen molar-refractivity contribution in [3.63, 3.8) is 0 Å². The number of H-pyrrole nitrogens is 1. The zero-order valence-corrected chi connectivity index (χ0v) is 7.91. The molecule has 1 radical (unpaired) electrons. The molecule has 1 aromatic carbocycles. The molecule has 0 amide bonds. The number of aromatic nitrogens is 4. The van der Waals surface area contributed by atoms with Gasteiger partial charge in [0.15, 0.2) is 12.0 Å². The Morgan fingerprint density at radius 3 is 2.88 bits per heavy atom. The molecule has 0 atom stereocenters. The number of nitrogens with zero attached hydrogens (tertiary/aromatic N) is 3. The molecule has 0 unspecified atom stereocenters. The normalized spacial score (nSPS) is 11.1. The van der Waals surface area contributed by atoms with Crippen molar-refractivity contribution in [1.29, 1.82) is 0 Å². The van der Waals surface area contributed by atoms with Crippen LogP contribution in [0.1, 0.15) is 0 Å². The van der Waals surface area contributed by atoms with Gasteiger partial charge in [0.25, 0.3) is 0 Å². The SMILES string of the molecule is Fc1ccc(-c2cc3[nH][c]nn3n2)c(F)c1. The maximum Gasteiger partial charge on any atom is 0.199 e. The summed E-state index contributed by atoms with van der Waals surface area (Å²) in [5.41, 5.74) is 1.23. The molecule has 0 saturated heterocycles. The lowest BCUT2D eigenvalue weighted by molar-refractivity contribution is 0.585. The lowest BCUT2D eigenvalue weighted by Crippen LogP contribution is -1.89. The fourth-order valence-electron chi connectivity index (χ4n) is 1.49. The number of aromatic amines is 1. The summed E-state index contributed by atoms with van der Waals surface area (Å²) in [6.45, 7) is 0. The van der Waals surface area contributed by atoms with Crippen LogP contribution in [0.2, 0.25) is 0 Å². The highest BCUT2D eigenvalue weighted by molar-refractivity contribution is 5.64. The van der Waals surface area contributed by atoms with Gasteiger partial charge in [0.05, 0.1) is 5.69 Å². The van der Waals surface area contributed by atoms with Crippen molar-refractivity contribution >= 4 is 5.65 Å². The minimum Gasteiger partial charge on any atom is -0.319 e. The van der Waals surface area contributed by atoms with E-state index in [1.54, 1.807) is 6.07 Å². The molecule has 6 heteroatoms. The summed E-state index contributed by atoms with van der Waals surface area (Å²) in [7, 11) is 0. The summed E-state index contributed by atoms with van der Waals surface area (Å²) in [6, 6.07) is 4.96. The van der Waals surface area contributed by atoms with Crippen LogP contribution in [-0.4, -0.2) is 19.8 Å². The number of fused-ring (bicyclic) bond motifs is 1. The van der Waals surface area contributed by atoms with E-state index in [4.69, 9.17) is 0 Å². The average Bonchev–Trinajstić information content (AvgIpc) is 2.76. The van der Waals surface area contributed by atoms with Crippen molar-refractivity contribution < 1.29 is 8.78 Å². The molecule has 2 heterocycles. The highest BCUT2D eigenvalue weighted by Gasteiger charge is 2.11. The Hall–Kier alpha value is -2.24. The molecule has 3 aromatic rings. The number of nitrogens with one attached hydrogen (secondary N) is 1. The second kappa shape index (κ2) is 3.13. The van der Waals surface area contributed by atoms with Crippen molar-refractivity contribution in [1.82, 2.24) is 19.8 Å². The first-order valence-electron chi connectivity index (χ1n) is 4.51. The van der Waals surface area contributed by atoms with Gasteiger partial charge in [-0.15, -0.1) is 14.8 Å². The van der Waals surface area contributed by atoms with E-state index in [2.05, 4.69) is 21.5 Å². The third-order valence-electron chi connectivity index (χ3n) is 2.23. The molecular formula is C10H5F2N4. The van der Waals surface area contributed by atoms with Gasteiger partial charge in [0.2, 0.25) is 0 Å². The largest absolute Gasteiger partial charge is 0.319 e. The lowest BCUT2D eigenvalue weighted by Gasteiger charge is -1.97. The second-order valence-electron chi connectivity index (χ2n) is 3.27. The van der Waals surface area contributed by atoms with Crippen LogP contribution in [0.15, 0.2) is 24.3 Å². The maximum absolute atomic E-state index is 13.4. The average molecular weight is 219 g/mol. The minimum atomic E-state index is -0.648. The Morgan fingerprint density at radius 2 is 2.12 bits per heavy atom. The van der Waals surface area contributed by atoms with Gasteiger partial charge >= 0.3 is 0 Å². The second-order valence-corrected chi connectivity index (χ2v) is 3.27. The van der Waals surface area contributed by atoms with Crippen LogP contribution in [0.4, 0.5) is 8.78 Å². The predicted molar refractivity (Wildman–Crippen MR) is 51.5 cm³/mol. The quantitative estimate of drug-likeness (QED) is 0.678. The maximum atomic E-state index is 13.4. The Morgan fingerprint density at radius 1 is 1.25 bits per heavy atom. The molecule has 0 aliphatic heterocycles. The van der Waals surface area contributed by atoms with Gasteiger partial charge in [0, 0.05) is 17.7 Å². The van der Waals surface area contributed by atoms with E-state index in [1.807, 2.05) is 0 Å². The van der Waals surface area contributed by atoms with Gasteiger partial charge in [-0.05, 0) is 12.1 Å². The van der Waals surface area contributed by atoms with Gasteiger partial charge in [0.1, 0.15) is 11.6 Å². The highest BCUT2D eigenvalue weighted by atomic mass is 19.1. The van der Waals surface area contributed by atoms with Crippen molar-refractivity contribution in [2.24, 2.45) is 0 Å². The number of halogens is 2. The number of hydrogen-bond acceptors (Lipinski definition) is 2. The van der Waals surface area contributed by atoms with Crippen LogP contribution in [-0.2, 0) is 0 Å². The van der Waals surface area contributed by atoms with Gasteiger partial charge < -0.3 is 4.98 Å². The third-order valence-corrected chi connectivity index (χ3v) is 2.23. The van der Waals surface area contributed by atoms with E-state index in [0.29, 0.717) is 11.3 Å². The molecule has 0 spiro atoms. The zero-order chi connectivity index (χ0) is 11.1. The molecule has 0 saturated carbocycles. The van der Waals surface area contributed by atoms with Crippen molar-refractivity contribution in [2.75, 3.05) is 0 Å². The summed E-state index contributed by atoms with van der Waals surface area (Å²) < 4.78 is 27.5. The van der Waals surface area contributed by atoms with Gasteiger partial charge in [-0.3, -0.25) is 0 Å². The van der Waals surface area contributed by atoms with E-state index in [9.17, 15) is 8.78 Å². The summed E-state index contributed by atoms with van der Waals surface area (Å²) in [6.07, 6.45) is 2.49. The van der Waals surface area contributed by atoms with Crippen LogP contribution in [0.5, 0.6) is 0 Å². The smallest absolute Gasteiger partial charge is 0.199 e. The van der Waals surface area contributed by atoms with E-state index in [-0.39, 0.29) is 5.56 Å². The first-order valence-corrected chi connectivity index (χ1v) is 4.51. The molecule has 79 valence electrons. The minimum absolute atomic E-state index is 0.236. The number of rotatable bonds is 1. The van der Waals surface area contributed by atoms with Gasteiger partial charge in [-0.1, -0.05) is 0 Å². The Kier molecular flexibility index (Phi) is 1.76. The van der Waals surface area contributed by atoms with Crippen LogP contribution in [0.25, 0.3) is 16.9 Å². The molecule has 0 fully saturated rings. The van der Waals surface area contributed by atoms with Crippen LogP contribution < -0.4 is 0 Å². The molecule has 4 nitrogen and oxygen atoms in total. The Labute approximate surface area is 88.5 Å². The topological polar surface area (TPSA) is 46.0 Å². The Balaban J connectivity index is 2.19. The number of hydrogen-bond donors (Lipinski definition) is 1. The first-order chi connectivity index (χ1) is 7.74. The molecule has 3 rings (SSSR count). The van der Waals surface area contributed by atoms with Gasteiger partial charge in [-0.25, -0.2) is 8.78 Å². The lowest BCUT2D eigenvalue weighted by atomic mass is 10.1. The monoisotopic (exact) mass is 219 g/mol. The van der Waals surface area contributed by atoms with E-state index >= 15 is 0 Å². The fourth-order valence-corrected chi connectivity index (χ4v) is 1.49. The Bertz CT molecular complexity index is 627. The molecule has 0 aliphatic carbocycles. The summed E-state index contributed by atoms with van der Waals surface area (Å²) in [5.74, 6) is -1.26. The summed E-state index contributed by atoms with van der Waals surface area (Å²) >= 11 is 0. The van der Waals surface area contributed by atoms with E-state index < -0.39 is 11.6 Å². The molecular weight excluding hydrogens is 214 g/mol. The molecule has 0 aliphatic rings. The predicted octanol–water partition coefficient (Wildman–Crippen LogP) is 1.80.